The molecule has 0 spiro atoms. The zero-order valence-electron chi connectivity index (χ0n) is 17.4. The summed E-state index contributed by atoms with van der Waals surface area (Å²) in [6, 6.07) is 10.9. The normalized spacial score (nSPS) is 12.5. The summed E-state index contributed by atoms with van der Waals surface area (Å²) < 4.78 is 46.6. The zero-order valence-corrected chi connectivity index (χ0v) is 17.4. The first-order valence-electron chi connectivity index (χ1n) is 9.97. The lowest BCUT2D eigenvalue weighted by Crippen LogP contribution is -2.21. The van der Waals surface area contributed by atoms with Gasteiger partial charge < -0.3 is 20.3 Å². The Balaban J connectivity index is 1.57. The molecular weight excluding hydrogens is 455 g/mol. The minimum absolute atomic E-state index is 0.00716. The van der Waals surface area contributed by atoms with Crippen LogP contribution in [0.1, 0.15) is 16.1 Å². The van der Waals surface area contributed by atoms with Crippen LogP contribution in [0.4, 0.5) is 18.9 Å². The van der Waals surface area contributed by atoms with Gasteiger partial charge in [0.2, 0.25) is 5.88 Å². The summed E-state index contributed by atoms with van der Waals surface area (Å²) in [6.07, 6.45) is -3.03. The third-order valence-electron chi connectivity index (χ3n) is 4.73. The van der Waals surface area contributed by atoms with Crippen molar-refractivity contribution in [3.05, 3.63) is 72.2 Å². The molecule has 1 aromatic carbocycles. The number of aliphatic hydroxyl groups excluding tert-OH is 2. The number of aliphatic hydroxyl groups is 2. The average molecular weight is 473 g/mol. The number of ether oxygens (including phenoxy) is 1. The maximum absolute atomic E-state index is 13.4. The summed E-state index contributed by atoms with van der Waals surface area (Å²) in [5, 5.41) is 24.9. The Bertz CT molecular complexity index is 1310. The van der Waals surface area contributed by atoms with Gasteiger partial charge in [-0.25, -0.2) is 14.5 Å². The van der Waals surface area contributed by atoms with E-state index in [9.17, 15) is 23.1 Å². The molecule has 12 heteroatoms. The highest BCUT2D eigenvalue weighted by molar-refractivity contribution is 6.03. The number of amides is 1. The predicted octanol–water partition coefficient (Wildman–Crippen LogP) is 2.79. The highest BCUT2D eigenvalue weighted by atomic mass is 19.4. The maximum atomic E-state index is 13.4. The highest BCUT2D eigenvalue weighted by Crippen LogP contribution is 2.36. The highest BCUT2D eigenvalue weighted by Gasteiger charge is 2.33. The zero-order chi connectivity index (χ0) is 24.3. The lowest BCUT2D eigenvalue weighted by Gasteiger charge is -2.12. The van der Waals surface area contributed by atoms with Crippen LogP contribution in [0, 0.1) is 0 Å². The Morgan fingerprint density at radius 1 is 1.09 bits per heavy atom. The number of aromatic nitrogens is 4. The quantitative estimate of drug-likeness (QED) is 0.377. The molecule has 1 unspecified atom stereocenters. The summed E-state index contributed by atoms with van der Waals surface area (Å²) in [7, 11) is 0. The summed E-state index contributed by atoms with van der Waals surface area (Å²) >= 11 is 0. The van der Waals surface area contributed by atoms with Crippen molar-refractivity contribution in [1.29, 1.82) is 0 Å². The molecule has 0 bridgehead atoms. The lowest BCUT2D eigenvalue weighted by molar-refractivity contribution is -0.137. The second-order valence-corrected chi connectivity index (χ2v) is 7.16. The fourth-order valence-corrected chi connectivity index (χ4v) is 3.09. The number of carbonyl (C=O) groups excluding carboxylic acids is 1. The first kappa shape index (κ1) is 23.1. The van der Waals surface area contributed by atoms with Crippen molar-refractivity contribution in [1.82, 2.24) is 19.6 Å². The fraction of sp³-hybridized carbons (Fsp3) is 0.182. The van der Waals surface area contributed by atoms with E-state index >= 15 is 0 Å². The Morgan fingerprint density at radius 2 is 1.88 bits per heavy atom. The minimum atomic E-state index is -4.57. The monoisotopic (exact) mass is 473 g/mol. The Morgan fingerprint density at radius 3 is 2.59 bits per heavy atom. The van der Waals surface area contributed by atoms with Gasteiger partial charge in [0, 0.05) is 11.6 Å². The molecule has 9 nitrogen and oxygen atoms in total. The van der Waals surface area contributed by atoms with Crippen LogP contribution in [0.25, 0.3) is 16.9 Å². The maximum Gasteiger partial charge on any atom is 0.417 e. The summed E-state index contributed by atoms with van der Waals surface area (Å²) in [5.41, 5.74) is -0.333. The van der Waals surface area contributed by atoms with Crippen LogP contribution in [0.5, 0.6) is 5.88 Å². The number of nitrogens with zero attached hydrogens (tertiary/aromatic N) is 4. The van der Waals surface area contributed by atoms with Crippen LogP contribution in [-0.4, -0.2) is 55.0 Å². The molecule has 176 valence electrons. The summed E-state index contributed by atoms with van der Waals surface area (Å²) in [4.78, 5) is 20.9. The summed E-state index contributed by atoms with van der Waals surface area (Å²) in [6.45, 7) is -0.604. The number of nitrogens with one attached hydrogen (secondary N) is 1. The van der Waals surface area contributed by atoms with Crippen molar-refractivity contribution in [2.24, 2.45) is 0 Å². The summed E-state index contributed by atoms with van der Waals surface area (Å²) in [5.74, 6) is -0.428. The molecule has 3 aromatic heterocycles. The van der Waals surface area contributed by atoms with Crippen molar-refractivity contribution >= 4 is 17.2 Å². The number of alkyl halides is 3. The van der Waals surface area contributed by atoms with Gasteiger partial charge in [0.25, 0.3) is 5.91 Å². The molecule has 0 aliphatic heterocycles. The lowest BCUT2D eigenvalue weighted by atomic mass is 10.0. The number of hydrogen-bond donors (Lipinski definition) is 3. The van der Waals surface area contributed by atoms with Crippen LogP contribution in [-0.2, 0) is 6.18 Å². The van der Waals surface area contributed by atoms with Crippen molar-refractivity contribution < 1.29 is 32.9 Å². The third kappa shape index (κ3) is 4.97. The standard InChI is InChI=1S/C22H18F3N5O4/c23-22(24,25)16-4-2-1-3-15(16)17-6-7-19-26-10-18(30(19)29-17)21(33)28-13-5-8-20(27-9-13)34-12-14(32)11-31/h1-10,14,31-32H,11-12H2,(H,28,33). The van der Waals surface area contributed by atoms with Crippen LogP contribution >= 0.6 is 0 Å². The molecule has 0 saturated carbocycles. The van der Waals surface area contributed by atoms with Gasteiger partial charge in [-0.3, -0.25) is 4.79 Å². The van der Waals surface area contributed by atoms with Gasteiger partial charge in [-0.15, -0.1) is 0 Å². The molecule has 0 saturated heterocycles. The Labute approximate surface area is 190 Å². The van der Waals surface area contributed by atoms with Crippen molar-refractivity contribution in [3.63, 3.8) is 0 Å². The Kier molecular flexibility index (Phi) is 6.43. The SMILES string of the molecule is O=C(Nc1ccc(OCC(O)CO)nc1)c1cnc2ccc(-c3ccccc3C(F)(F)F)nn12. The van der Waals surface area contributed by atoms with E-state index in [1.807, 2.05) is 0 Å². The molecular formula is C22H18F3N5O4. The third-order valence-corrected chi connectivity index (χ3v) is 4.73. The number of halogens is 3. The van der Waals surface area contributed by atoms with E-state index in [-0.39, 0.29) is 35.1 Å². The van der Waals surface area contributed by atoms with Gasteiger partial charge in [0.15, 0.2) is 11.3 Å². The van der Waals surface area contributed by atoms with E-state index in [4.69, 9.17) is 9.84 Å². The van der Waals surface area contributed by atoms with E-state index in [2.05, 4.69) is 20.4 Å². The first-order chi connectivity index (χ1) is 16.3. The van der Waals surface area contributed by atoms with Gasteiger partial charge >= 0.3 is 6.18 Å². The smallest absolute Gasteiger partial charge is 0.417 e. The molecule has 4 rings (SSSR count). The van der Waals surface area contributed by atoms with Gasteiger partial charge in [0.1, 0.15) is 12.7 Å². The molecule has 3 N–H and O–H groups in total. The number of anilines is 1. The molecule has 1 atom stereocenters. The fourth-order valence-electron chi connectivity index (χ4n) is 3.09. The predicted molar refractivity (Wildman–Crippen MR) is 114 cm³/mol. The second-order valence-electron chi connectivity index (χ2n) is 7.16. The molecule has 4 aromatic rings. The van der Waals surface area contributed by atoms with Crippen LogP contribution in [0.15, 0.2) is 60.9 Å². The second kappa shape index (κ2) is 9.45. The molecule has 3 heterocycles. The van der Waals surface area contributed by atoms with Crippen LogP contribution in [0.2, 0.25) is 0 Å². The largest absolute Gasteiger partial charge is 0.475 e. The number of imidazole rings is 1. The van der Waals surface area contributed by atoms with E-state index in [0.29, 0.717) is 5.69 Å². The topological polar surface area (TPSA) is 122 Å². The Hall–Kier alpha value is -4.03. The number of pyridine rings is 1. The molecule has 0 radical (unpaired) electrons. The molecule has 34 heavy (non-hydrogen) atoms. The van der Waals surface area contributed by atoms with Gasteiger partial charge in [0.05, 0.1) is 35.9 Å². The molecule has 0 aliphatic rings. The van der Waals surface area contributed by atoms with Gasteiger partial charge in [-0.05, 0) is 24.3 Å². The van der Waals surface area contributed by atoms with E-state index in [1.54, 1.807) is 0 Å². The van der Waals surface area contributed by atoms with E-state index < -0.39 is 30.4 Å². The number of carbonyl (C=O) groups is 1. The number of fused-ring (bicyclic) bond motifs is 1. The van der Waals surface area contributed by atoms with Crippen molar-refractivity contribution in [2.75, 3.05) is 18.5 Å². The van der Waals surface area contributed by atoms with Crippen LogP contribution < -0.4 is 10.1 Å². The molecule has 0 fully saturated rings. The van der Waals surface area contributed by atoms with E-state index in [0.717, 1.165) is 6.07 Å². The van der Waals surface area contributed by atoms with E-state index in [1.165, 1.54) is 59.4 Å². The van der Waals surface area contributed by atoms with Gasteiger partial charge in [-0.2, -0.15) is 18.3 Å². The van der Waals surface area contributed by atoms with Crippen LogP contribution in [0.3, 0.4) is 0 Å². The first-order valence-corrected chi connectivity index (χ1v) is 9.97. The van der Waals surface area contributed by atoms with Crippen molar-refractivity contribution in [3.8, 4) is 17.1 Å². The van der Waals surface area contributed by atoms with Crippen molar-refractivity contribution in [2.45, 2.75) is 12.3 Å². The average Bonchev–Trinajstić information content (AvgIpc) is 3.26. The molecule has 0 aliphatic carbocycles. The molecule has 1 amide bonds. The number of benzene rings is 1. The minimum Gasteiger partial charge on any atom is -0.475 e. The van der Waals surface area contributed by atoms with Gasteiger partial charge in [-0.1, -0.05) is 18.2 Å². The number of hydrogen-bond acceptors (Lipinski definition) is 7. The number of rotatable bonds is 7.